The lowest BCUT2D eigenvalue weighted by Gasteiger charge is -2.19. The van der Waals surface area contributed by atoms with Crippen LogP contribution in [0.4, 0.5) is 11.4 Å². The van der Waals surface area contributed by atoms with Crippen LogP contribution in [0, 0.1) is 10.1 Å². The SMILES string of the molecule is CCC(Nc1ccc(O)cc1[N+](=O)[O-])c1ccc(Cl)cc1. The van der Waals surface area contributed by atoms with E-state index in [-0.39, 0.29) is 17.5 Å². The van der Waals surface area contributed by atoms with Crippen molar-refractivity contribution in [2.45, 2.75) is 19.4 Å². The molecule has 0 heterocycles. The number of anilines is 1. The molecule has 1 unspecified atom stereocenters. The summed E-state index contributed by atoms with van der Waals surface area (Å²) in [5.41, 5.74) is 1.21. The average molecular weight is 307 g/mol. The molecule has 0 aliphatic rings. The Morgan fingerprint density at radius 1 is 1.29 bits per heavy atom. The molecule has 2 aromatic carbocycles. The third-order valence-electron chi connectivity index (χ3n) is 3.19. The summed E-state index contributed by atoms with van der Waals surface area (Å²) in [5, 5.41) is 24.2. The van der Waals surface area contributed by atoms with Gasteiger partial charge in [0, 0.05) is 5.02 Å². The zero-order valence-corrected chi connectivity index (χ0v) is 12.2. The third kappa shape index (κ3) is 3.64. The highest BCUT2D eigenvalue weighted by atomic mass is 35.5. The monoisotopic (exact) mass is 306 g/mol. The van der Waals surface area contributed by atoms with E-state index in [2.05, 4.69) is 5.32 Å². The number of nitro benzene ring substituents is 1. The fraction of sp³-hybridized carbons (Fsp3) is 0.200. The first-order valence-electron chi connectivity index (χ1n) is 6.50. The normalized spacial score (nSPS) is 11.9. The van der Waals surface area contributed by atoms with E-state index in [1.54, 1.807) is 12.1 Å². The molecule has 0 bridgehead atoms. The van der Waals surface area contributed by atoms with Gasteiger partial charge in [-0.05, 0) is 36.2 Å². The highest BCUT2D eigenvalue weighted by Crippen LogP contribution is 2.32. The number of nitrogens with zero attached hydrogens (tertiary/aromatic N) is 1. The number of rotatable bonds is 5. The molecule has 21 heavy (non-hydrogen) atoms. The Hall–Kier alpha value is -2.27. The van der Waals surface area contributed by atoms with E-state index in [1.165, 1.54) is 12.1 Å². The van der Waals surface area contributed by atoms with Gasteiger partial charge in [0.05, 0.1) is 17.0 Å². The predicted octanol–water partition coefficient (Wildman–Crippen LogP) is 4.52. The van der Waals surface area contributed by atoms with Crippen LogP contribution in [0.15, 0.2) is 42.5 Å². The molecule has 6 heteroatoms. The van der Waals surface area contributed by atoms with Gasteiger partial charge in [0.25, 0.3) is 5.69 Å². The van der Waals surface area contributed by atoms with E-state index in [0.717, 1.165) is 18.1 Å². The first kappa shape index (κ1) is 15.1. The van der Waals surface area contributed by atoms with Gasteiger partial charge in [0.15, 0.2) is 0 Å². The van der Waals surface area contributed by atoms with Gasteiger partial charge in [0.2, 0.25) is 0 Å². The van der Waals surface area contributed by atoms with Crippen molar-refractivity contribution in [2.75, 3.05) is 5.32 Å². The molecule has 0 aromatic heterocycles. The molecule has 2 aromatic rings. The van der Waals surface area contributed by atoms with Gasteiger partial charge in [-0.15, -0.1) is 0 Å². The number of phenols is 1. The maximum absolute atomic E-state index is 11.1. The first-order chi connectivity index (χ1) is 10.0. The topological polar surface area (TPSA) is 75.4 Å². The van der Waals surface area contributed by atoms with E-state index < -0.39 is 4.92 Å². The molecule has 110 valence electrons. The van der Waals surface area contributed by atoms with Gasteiger partial charge in [-0.25, -0.2) is 0 Å². The Morgan fingerprint density at radius 3 is 2.52 bits per heavy atom. The predicted molar refractivity (Wildman–Crippen MR) is 82.9 cm³/mol. The highest BCUT2D eigenvalue weighted by molar-refractivity contribution is 6.30. The molecule has 1 atom stereocenters. The zero-order chi connectivity index (χ0) is 15.4. The van der Waals surface area contributed by atoms with E-state index >= 15 is 0 Å². The zero-order valence-electron chi connectivity index (χ0n) is 11.4. The summed E-state index contributed by atoms with van der Waals surface area (Å²) in [7, 11) is 0. The van der Waals surface area contributed by atoms with Crippen molar-refractivity contribution in [1.29, 1.82) is 0 Å². The second-order valence-corrected chi connectivity index (χ2v) is 5.05. The van der Waals surface area contributed by atoms with Crippen LogP contribution in [0.3, 0.4) is 0 Å². The van der Waals surface area contributed by atoms with Crippen molar-refractivity contribution in [3.63, 3.8) is 0 Å². The minimum atomic E-state index is -0.517. The minimum Gasteiger partial charge on any atom is -0.508 e. The summed E-state index contributed by atoms with van der Waals surface area (Å²) in [5.74, 6) is -0.133. The van der Waals surface area contributed by atoms with Crippen molar-refractivity contribution < 1.29 is 10.0 Å². The molecule has 0 saturated carbocycles. The fourth-order valence-corrected chi connectivity index (χ4v) is 2.22. The molecular formula is C15H15ClN2O3. The van der Waals surface area contributed by atoms with Crippen molar-refractivity contribution in [2.24, 2.45) is 0 Å². The fourth-order valence-electron chi connectivity index (χ4n) is 2.10. The minimum absolute atomic E-state index is 0.0782. The molecule has 0 fully saturated rings. The van der Waals surface area contributed by atoms with Gasteiger partial charge in [0.1, 0.15) is 11.4 Å². The standard InChI is InChI=1S/C15H15ClN2O3/c1-2-13(10-3-5-11(16)6-4-10)17-14-8-7-12(19)9-15(14)18(20)21/h3-9,13,17,19H,2H2,1H3. The summed E-state index contributed by atoms with van der Waals surface area (Å²) in [4.78, 5) is 10.5. The number of hydrogen-bond acceptors (Lipinski definition) is 4. The van der Waals surface area contributed by atoms with Crippen LogP contribution < -0.4 is 5.32 Å². The first-order valence-corrected chi connectivity index (χ1v) is 6.88. The van der Waals surface area contributed by atoms with E-state index in [0.29, 0.717) is 10.7 Å². The van der Waals surface area contributed by atoms with Gasteiger partial charge < -0.3 is 10.4 Å². The van der Waals surface area contributed by atoms with Crippen LogP contribution in [-0.2, 0) is 0 Å². The van der Waals surface area contributed by atoms with Gasteiger partial charge in [-0.3, -0.25) is 10.1 Å². The van der Waals surface area contributed by atoms with Gasteiger partial charge in [-0.2, -0.15) is 0 Å². The molecular weight excluding hydrogens is 292 g/mol. The second kappa shape index (κ2) is 6.45. The van der Waals surface area contributed by atoms with E-state index in [9.17, 15) is 15.2 Å². The number of nitro groups is 1. The summed E-state index contributed by atoms with van der Waals surface area (Å²) in [6.45, 7) is 1.98. The van der Waals surface area contributed by atoms with Crippen LogP contribution in [0.25, 0.3) is 0 Å². The number of halogens is 1. The molecule has 0 radical (unpaired) electrons. The Labute approximate surface area is 127 Å². The van der Waals surface area contributed by atoms with Crippen molar-refractivity contribution in [3.05, 3.63) is 63.2 Å². The number of aromatic hydroxyl groups is 1. The molecule has 0 amide bonds. The summed E-state index contributed by atoms with van der Waals surface area (Å²) >= 11 is 5.87. The maximum Gasteiger partial charge on any atom is 0.296 e. The van der Waals surface area contributed by atoms with Crippen LogP contribution in [-0.4, -0.2) is 10.0 Å². The Balaban J connectivity index is 2.30. The Bertz CT molecular complexity index is 644. The lowest BCUT2D eigenvalue weighted by atomic mass is 10.0. The smallest absolute Gasteiger partial charge is 0.296 e. The van der Waals surface area contributed by atoms with Crippen LogP contribution in [0.1, 0.15) is 24.9 Å². The van der Waals surface area contributed by atoms with Crippen LogP contribution in [0.5, 0.6) is 5.75 Å². The van der Waals surface area contributed by atoms with Gasteiger partial charge in [-0.1, -0.05) is 30.7 Å². The van der Waals surface area contributed by atoms with Crippen molar-refractivity contribution in [1.82, 2.24) is 0 Å². The average Bonchev–Trinajstić information content (AvgIpc) is 2.47. The molecule has 2 rings (SSSR count). The number of hydrogen-bond donors (Lipinski definition) is 2. The van der Waals surface area contributed by atoms with E-state index in [1.807, 2.05) is 19.1 Å². The summed E-state index contributed by atoms with van der Waals surface area (Å²) in [6, 6.07) is 11.3. The van der Waals surface area contributed by atoms with Crippen LogP contribution >= 0.6 is 11.6 Å². The molecule has 0 spiro atoms. The second-order valence-electron chi connectivity index (χ2n) is 4.62. The van der Waals surface area contributed by atoms with Crippen molar-refractivity contribution in [3.8, 4) is 5.75 Å². The molecule has 2 N–H and O–H groups in total. The van der Waals surface area contributed by atoms with Gasteiger partial charge >= 0.3 is 0 Å². The number of benzene rings is 2. The Kier molecular flexibility index (Phi) is 4.65. The summed E-state index contributed by atoms with van der Waals surface area (Å²) in [6.07, 6.45) is 0.750. The largest absolute Gasteiger partial charge is 0.508 e. The quantitative estimate of drug-likeness (QED) is 0.484. The summed E-state index contributed by atoms with van der Waals surface area (Å²) < 4.78 is 0. The number of nitrogens with one attached hydrogen (secondary N) is 1. The number of phenolic OH excluding ortho intramolecular Hbond substituents is 1. The lowest BCUT2D eigenvalue weighted by Crippen LogP contribution is -2.10. The van der Waals surface area contributed by atoms with E-state index in [4.69, 9.17) is 11.6 Å². The lowest BCUT2D eigenvalue weighted by molar-refractivity contribution is -0.384. The maximum atomic E-state index is 11.1. The van der Waals surface area contributed by atoms with Crippen LogP contribution in [0.2, 0.25) is 5.02 Å². The van der Waals surface area contributed by atoms with Crippen molar-refractivity contribution >= 4 is 23.0 Å². The highest BCUT2D eigenvalue weighted by Gasteiger charge is 2.18. The molecule has 0 aliphatic heterocycles. The molecule has 5 nitrogen and oxygen atoms in total. The third-order valence-corrected chi connectivity index (χ3v) is 3.44. The Morgan fingerprint density at radius 2 is 1.95 bits per heavy atom. The molecule has 0 saturated heterocycles. The molecule has 0 aliphatic carbocycles.